The van der Waals surface area contributed by atoms with Gasteiger partial charge in [-0.15, -0.1) is 0 Å². The Kier molecular flexibility index (Phi) is 5.24. The third-order valence-electron chi connectivity index (χ3n) is 5.77. The molecule has 26 heavy (non-hydrogen) atoms. The Balaban J connectivity index is 1.26. The number of para-hydroxylation sites is 1. The predicted octanol–water partition coefficient (Wildman–Crippen LogP) is 3.75. The van der Waals surface area contributed by atoms with Gasteiger partial charge in [0.15, 0.2) is 0 Å². The zero-order valence-corrected chi connectivity index (χ0v) is 15.4. The van der Waals surface area contributed by atoms with Gasteiger partial charge < -0.3 is 10.2 Å². The first-order chi connectivity index (χ1) is 12.8. The standard InChI is InChI=1S/C23H28N2O/c26-23(15-18-10-11-20-6-4-5-7-21(20)14-18)24-16-19-12-13-25(17-19)22-8-2-1-3-9-22/h1-3,8-11,14,19H,4-7,12-13,15-17H2,(H,24,26)/t19-/m0/s1. The molecule has 0 unspecified atom stereocenters. The van der Waals surface area contributed by atoms with E-state index >= 15 is 0 Å². The third-order valence-corrected chi connectivity index (χ3v) is 5.77. The van der Waals surface area contributed by atoms with E-state index in [0.29, 0.717) is 12.3 Å². The molecule has 0 spiro atoms. The Morgan fingerprint density at radius 1 is 1.04 bits per heavy atom. The lowest BCUT2D eigenvalue weighted by atomic mass is 9.90. The molecule has 2 aromatic rings. The van der Waals surface area contributed by atoms with Crippen LogP contribution in [0, 0.1) is 5.92 Å². The number of nitrogens with zero attached hydrogens (tertiary/aromatic N) is 1. The third kappa shape index (κ3) is 4.09. The number of carbonyl (C=O) groups is 1. The SMILES string of the molecule is O=C(Cc1ccc2c(c1)CCCC2)NC[C@@H]1CCN(c2ccccc2)C1. The van der Waals surface area contributed by atoms with E-state index in [1.54, 1.807) is 0 Å². The van der Waals surface area contributed by atoms with Crippen LogP contribution in [0.4, 0.5) is 5.69 Å². The zero-order chi connectivity index (χ0) is 17.8. The number of hydrogen-bond donors (Lipinski definition) is 1. The fourth-order valence-corrected chi connectivity index (χ4v) is 4.28. The van der Waals surface area contributed by atoms with Crippen LogP contribution in [0.15, 0.2) is 48.5 Å². The van der Waals surface area contributed by atoms with Crippen LogP contribution in [-0.4, -0.2) is 25.5 Å². The van der Waals surface area contributed by atoms with E-state index in [1.807, 2.05) is 0 Å². The number of anilines is 1. The van der Waals surface area contributed by atoms with Crippen LogP contribution in [-0.2, 0) is 24.1 Å². The van der Waals surface area contributed by atoms with Gasteiger partial charge in [0.1, 0.15) is 0 Å². The fraction of sp³-hybridized carbons (Fsp3) is 0.435. The van der Waals surface area contributed by atoms with Crippen LogP contribution in [0.25, 0.3) is 0 Å². The molecule has 2 aliphatic rings. The molecule has 1 aliphatic carbocycles. The van der Waals surface area contributed by atoms with Crippen molar-refractivity contribution in [1.29, 1.82) is 0 Å². The summed E-state index contributed by atoms with van der Waals surface area (Å²) in [5.74, 6) is 0.696. The summed E-state index contributed by atoms with van der Waals surface area (Å²) in [7, 11) is 0. The maximum absolute atomic E-state index is 12.4. The van der Waals surface area contributed by atoms with Crippen molar-refractivity contribution in [1.82, 2.24) is 5.32 Å². The highest BCUT2D eigenvalue weighted by molar-refractivity contribution is 5.78. The van der Waals surface area contributed by atoms with Gasteiger partial charge in [-0.05, 0) is 66.8 Å². The van der Waals surface area contributed by atoms with E-state index < -0.39 is 0 Å². The molecule has 1 fully saturated rings. The molecular weight excluding hydrogens is 320 g/mol. The molecule has 4 rings (SSSR count). The molecule has 1 saturated heterocycles. The molecule has 1 aliphatic heterocycles. The van der Waals surface area contributed by atoms with E-state index in [2.05, 4.69) is 58.7 Å². The summed E-state index contributed by atoms with van der Waals surface area (Å²) in [6.45, 7) is 2.89. The molecule has 0 saturated carbocycles. The highest BCUT2D eigenvalue weighted by Gasteiger charge is 2.23. The number of amides is 1. The quantitative estimate of drug-likeness (QED) is 0.892. The lowest BCUT2D eigenvalue weighted by molar-refractivity contribution is -0.120. The van der Waals surface area contributed by atoms with Gasteiger partial charge in [0.05, 0.1) is 6.42 Å². The van der Waals surface area contributed by atoms with Crippen molar-refractivity contribution in [3.8, 4) is 0 Å². The van der Waals surface area contributed by atoms with Crippen molar-refractivity contribution in [2.45, 2.75) is 38.5 Å². The van der Waals surface area contributed by atoms with E-state index in [-0.39, 0.29) is 5.91 Å². The number of benzene rings is 2. The van der Waals surface area contributed by atoms with Crippen molar-refractivity contribution in [2.24, 2.45) is 5.92 Å². The van der Waals surface area contributed by atoms with Crippen LogP contribution in [0.3, 0.4) is 0 Å². The zero-order valence-electron chi connectivity index (χ0n) is 15.4. The normalized spacial score (nSPS) is 19.2. The van der Waals surface area contributed by atoms with E-state index in [4.69, 9.17) is 0 Å². The Bertz CT molecular complexity index is 756. The Labute approximate surface area is 156 Å². The average molecular weight is 348 g/mol. The van der Waals surface area contributed by atoms with Crippen LogP contribution in [0.1, 0.15) is 36.0 Å². The second-order valence-electron chi connectivity index (χ2n) is 7.73. The molecule has 0 bridgehead atoms. The minimum absolute atomic E-state index is 0.152. The van der Waals surface area contributed by atoms with Crippen molar-refractivity contribution in [2.75, 3.05) is 24.5 Å². The van der Waals surface area contributed by atoms with Gasteiger partial charge in [-0.25, -0.2) is 0 Å². The summed E-state index contributed by atoms with van der Waals surface area (Å²) in [5, 5.41) is 3.16. The number of aryl methyl sites for hydroxylation is 2. The van der Waals surface area contributed by atoms with Crippen LogP contribution >= 0.6 is 0 Å². The predicted molar refractivity (Wildman–Crippen MR) is 107 cm³/mol. The molecule has 0 aromatic heterocycles. The molecule has 1 amide bonds. The Hall–Kier alpha value is -2.29. The number of carbonyl (C=O) groups excluding carboxylic acids is 1. The summed E-state index contributed by atoms with van der Waals surface area (Å²) in [6, 6.07) is 17.2. The van der Waals surface area contributed by atoms with E-state index in [0.717, 1.165) is 31.6 Å². The number of fused-ring (bicyclic) bond motifs is 1. The fourth-order valence-electron chi connectivity index (χ4n) is 4.28. The molecule has 1 heterocycles. The molecule has 1 atom stereocenters. The second kappa shape index (κ2) is 7.94. The van der Waals surface area contributed by atoms with E-state index in [1.165, 1.54) is 42.5 Å². The van der Waals surface area contributed by atoms with Gasteiger partial charge in [-0.3, -0.25) is 4.79 Å². The van der Waals surface area contributed by atoms with Gasteiger partial charge in [-0.2, -0.15) is 0 Å². The second-order valence-corrected chi connectivity index (χ2v) is 7.73. The topological polar surface area (TPSA) is 32.3 Å². The summed E-state index contributed by atoms with van der Waals surface area (Å²) in [4.78, 5) is 14.8. The molecule has 0 radical (unpaired) electrons. The maximum atomic E-state index is 12.4. The first-order valence-electron chi connectivity index (χ1n) is 9.95. The molecule has 3 nitrogen and oxygen atoms in total. The smallest absolute Gasteiger partial charge is 0.224 e. The summed E-state index contributed by atoms with van der Waals surface area (Å²) >= 11 is 0. The number of hydrogen-bond acceptors (Lipinski definition) is 2. The largest absolute Gasteiger partial charge is 0.371 e. The lowest BCUT2D eigenvalue weighted by Crippen LogP contribution is -2.32. The van der Waals surface area contributed by atoms with Crippen molar-refractivity contribution in [3.05, 3.63) is 65.2 Å². The van der Waals surface area contributed by atoms with Gasteiger partial charge >= 0.3 is 0 Å². The number of rotatable bonds is 5. The minimum atomic E-state index is 0.152. The molecule has 3 heteroatoms. The summed E-state index contributed by atoms with van der Waals surface area (Å²) in [6.07, 6.45) is 6.59. The van der Waals surface area contributed by atoms with E-state index in [9.17, 15) is 4.79 Å². The molecular formula is C23H28N2O. The first-order valence-corrected chi connectivity index (χ1v) is 9.95. The lowest BCUT2D eigenvalue weighted by Gasteiger charge is -2.19. The van der Waals surface area contributed by atoms with Gasteiger partial charge in [0.2, 0.25) is 5.91 Å². The van der Waals surface area contributed by atoms with Gasteiger partial charge in [0.25, 0.3) is 0 Å². The monoisotopic (exact) mass is 348 g/mol. The molecule has 1 N–H and O–H groups in total. The van der Waals surface area contributed by atoms with Gasteiger partial charge in [-0.1, -0.05) is 36.4 Å². The van der Waals surface area contributed by atoms with Crippen molar-refractivity contribution < 1.29 is 4.79 Å². The Morgan fingerprint density at radius 3 is 2.69 bits per heavy atom. The van der Waals surface area contributed by atoms with Gasteiger partial charge in [0, 0.05) is 25.3 Å². The van der Waals surface area contributed by atoms with Crippen molar-refractivity contribution in [3.63, 3.8) is 0 Å². The summed E-state index contributed by atoms with van der Waals surface area (Å²) in [5.41, 5.74) is 5.37. The molecule has 2 aromatic carbocycles. The van der Waals surface area contributed by atoms with Crippen molar-refractivity contribution >= 4 is 11.6 Å². The highest BCUT2D eigenvalue weighted by Crippen LogP contribution is 2.24. The van der Waals surface area contributed by atoms with Crippen LogP contribution in [0.5, 0.6) is 0 Å². The highest BCUT2D eigenvalue weighted by atomic mass is 16.1. The van der Waals surface area contributed by atoms with Crippen LogP contribution in [0.2, 0.25) is 0 Å². The molecule has 136 valence electrons. The minimum Gasteiger partial charge on any atom is -0.371 e. The van der Waals surface area contributed by atoms with Crippen LogP contribution < -0.4 is 10.2 Å². The average Bonchev–Trinajstić information content (AvgIpc) is 3.16. The maximum Gasteiger partial charge on any atom is 0.224 e. The number of nitrogens with one attached hydrogen (secondary N) is 1. The summed E-state index contributed by atoms with van der Waals surface area (Å²) < 4.78 is 0. The Morgan fingerprint density at radius 2 is 1.85 bits per heavy atom. The first kappa shape index (κ1) is 17.1.